The number of nitrogens with one attached hydrogen (secondary N) is 1. The van der Waals surface area contributed by atoms with E-state index in [1.165, 1.54) is 5.56 Å². The van der Waals surface area contributed by atoms with Crippen LogP contribution in [0.5, 0.6) is 0 Å². The van der Waals surface area contributed by atoms with Crippen LogP contribution in [0.2, 0.25) is 0 Å². The third kappa shape index (κ3) is 3.49. The fraction of sp³-hybridized carbons (Fsp3) is 0.600. The number of rotatable bonds is 6. The molecule has 1 atom stereocenters. The van der Waals surface area contributed by atoms with Crippen LogP contribution in [0, 0.1) is 0 Å². The van der Waals surface area contributed by atoms with Crippen molar-refractivity contribution in [2.24, 2.45) is 0 Å². The Kier molecular flexibility index (Phi) is 4.65. The Labute approximate surface area is 84.2 Å². The van der Waals surface area contributed by atoms with E-state index < -0.39 is 6.10 Å². The molecule has 0 amide bonds. The Hall–Kier alpha value is -0.840. The van der Waals surface area contributed by atoms with Gasteiger partial charge in [-0.2, -0.15) is 0 Å². The van der Waals surface area contributed by atoms with Gasteiger partial charge < -0.3 is 20.1 Å². The fourth-order valence-electron chi connectivity index (χ4n) is 1.24. The molecule has 0 bridgehead atoms. The van der Waals surface area contributed by atoms with Gasteiger partial charge in [0, 0.05) is 32.0 Å². The molecular weight excluding hydrogens is 180 g/mol. The van der Waals surface area contributed by atoms with E-state index in [9.17, 15) is 0 Å². The van der Waals surface area contributed by atoms with Crippen LogP contribution < -0.4 is 5.32 Å². The number of nitrogens with zero attached hydrogens (tertiary/aromatic N) is 1. The third-order valence-electron chi connectivity index (χ3n) is 2.10. The monoisotopic (exact) mass is 198 g/mol. The summed E-state index contributed by atoms with van der Waals surface area (Å²) in [4.78, 5) is 0. The van der Waals surface area contributed by atoms with Crippen LogP contribution in [-0.2, 0) is 13.1 Å². The van der Waals surface area contributed by atoms with Crippen LogP contribution in [0.25, 0.3) is 0 Å². The van der Waals surface area contributed by atoms with Gasteiger partial charge in [0.2, 0.25) is 0 Å². The van der Waals surface area contributed by atoms with E-state index in [1.807, 2.05) is 12.3 Å². The second kappa shape index (κ2) is 5.80. The zero-order chi connectivity index (χ0) is 10.4. The Morgan fingerprint density at radius 3 is 2.93 bits per heavy atom. The van der Waals surface area contributed by atoms with Crippen LogP contribution >= 0.6 is 0 Å². The van der Waals surface area contributed by atoms with Gasteiger partial charge >= 0.3 is 0 Å². The average molecular weight is 198 g/mol. The van der Waals surface area contributed by atoms with E-state index in [4.69, 9.17) is 10.2 Å². The van der Waals surface area contributed by atoms with Crippen molar-refractivity contribution in [1.82, 2.24) is 9.88 Å². The molecule has 0 saturated carbocycles. The third-order valence-corrected chi connectivity index (χ3v) is 2.10. The predicted octanol–water partition coefficient (Wildman–Crippen LogP) is -0.0492. The highest BCUT2D eigenvalue weighted by atomic mass is 16.3. The number of aliphatic hydroxyl groups excluding tert-OH is 2. The molecular formula is C10H18N2O2. The Morgan fingerprint density at radius 2 is 2.36 bits per heavy atom. The molecule has 0 spiro atoms. The van der Waals surface area contributed by atoms with Gasteiger partial charge in [-0.25, -0.2) is 0 Å². The molecule has 1 rings (SSSR count). The smallest absolute Gasteiger partial charge is 0.0895 e. The molecule has 80 valence electrons. The average Bonchev–Trinajstić information content (AvgIpc) is 2.65. The fourth-order valence-corrected chi connectivity index (χ4v) is 1.24. The summed E-state index contributed by atoms with van der Waals surface area (Å²) in [6.45, 7) is 4.02. The molecule has 0 aliphatic rings. The van der Waals surface area contributed by atoms with Crippen LogP contribution in [-0.4, -0.2) is 34.0 Å². The zero-order valence-corrected chi connectivity index (χ0v) is 8.48. The summed E-state index contributed by atoms with van der Waals surface area (Å²) in [6, 6.07) is 2.04. The summed E-state index contributed by atoms with van der Waals surface area (Å²) in [5.41, 5.74) is 1.19. The molecule has 0 aliphatic carbocycles. The minimum Gasteiger partial charge on any atom is -0.394 e. The van der Waals surface area contributed by atoms with Crippen molar-refractivity contribution in [2.75, 3.05) is 13.2 Å². The van der Waals surface area contributed by atoms with Crippen molar-refractivity contribution in [1.29, 1.82) is 0 Å². The summed E-state index contributed by atoms with van der Waals surface area (Å²) in [7, 11) is 0. The molecule has 14 heavy (non-hydrogen) atoms. The van der Waals surface area contributed by atoms with E-state index in [0.717, 1.165) is 13.1 Å². The van der Waals surface area contributed by atoms with Crippen molar-refractivity contribution in [3.05, 3.63) is 24.0 Å². The lowest BCUT2D eigenvalue weighted by Crippen LogP contribution is -2.28. The first-order valence-electron chi connectivity index (χ1n) is 4.90. The molecule has 1 unspecified atom stereocenters. The van der Waals surface area contributed by atoms with Crippen LogP contribution in [0.15, 0.2) is 18.5 Å². The number of aromatic nitrogens is 1. The van der Waals surface area contributed by atoms with E-state index in [0.29, 0.717) is 6.54 Å². The maximum absolute atomic E-state index is 9.07. The van der Waals surface area contributed by atoms with Crippen molar-refractivity contribution in [3.8, 4) is 0 Å². The minimum absolute atomic E-state index is 0.191. The first-order valence-corrected chi connectivity index (χ1v) is 4.90. The molecule has 0 fully saturated rings. The topological polar surface area (TPSA) is 57.4 Å². The van der Waals surface area contributed by atoms with E-state index in [1.54, 1.807) is 0 Å². The van der Waals surface area contributed by atoms with Crippen molar-refractivity contribution >= 4 is 0 Å². The van der Waals surface area contributed by atoms with Crippen molar-refractivity contribution in [3.63, 3.8) is 0 Å². The van der Waals surface area contributed by atoms with Gasteiger partial charge in [-0.05, 0) is 18.6 Å². The molecule has 1 aromatic heterocycles. The molecule has 0 radical (unpaired) electrons. The van der Waals surface area contributed by atoms with Crippen molar-refractivity contribution in [2.45, 2.75) is 26.1 Å². The van der Waals surface area contributed by atoms with E-state index >= 15 is 0 Å². The molecule has 1 heterocycles. The lowest BCUT2D eigenvalue weighted by molar-refractivity contribution is 0.0942. The highest BCUT2D eigenvalue weighted by molar-refractivity contribution is 5.09. The summed E-state index contributed by atoms with van der Waals surface area (Å²) in [6.07, 6.45) is 3.43. The Balaban J connectivity index is 2.24. The van der Waals surface area contributed by atoms with Crippen LogP contribution in [0.1, 0.15) is 12.5 Å². The highest BCUT2D eigenvalue weighted by Gasteiger charge is 2.01. The Morgan fingerprint density at radius 1 is 1.57 bits per heavy atom. The van der Waals surface area contributed by atoms with Crippen LogP contribution in [0.3, 0.4) is 0 Å². The quantitative estimate of drug-likeness (QED) is 0.600. The molecule has 4 heteroatoms. The number of aryl methyl sites for hydroxylation is 1. The van der Waals surface area contributed by atoms with Gasteiger partial charge in [-0.15, -0.1) is 0 Å². The first-order chi connectivity index (χ1) is 6.76. The summed E-state index contributed by atoms with van der Waals surface area (Å²) in [5.74, 6) is 0. The van der Waals surface area contributed by atoms with E-state index in [-0.39, 0.29) is 6.61 Å². The Bertz CT molecular complexity index is 260. The summed E-state index contributed by atoms with van der Waals surface area (Å²) >= 11 is 0. The van der Waals surface area contributed by atoms with Gasteiger partial charge in [0.05, 0.1) is 12.7 Å². The van der Waals surface area contributed by atoms with Crippen LogP contribution in [0.4, 0.5) is 0 Å². The van der Waals surface area contributed by atoms with Crippen molar-refractivity contribution < 1.29 is 10.2 Å². The molecule has 0 aliphatic heterocycles. The lowest BCUT2D eigenvalue weighted by Gasteiger charge is -2.07. The largest absolute Gasteiger partial charge is 0.394 e. The minimum atomic E-state index is -0.664. The van der Waals surface area contributed by atoms with Gasteiger partial charge in [0.25, 0.3) is 0 Å². The predicted molar refractivity (Wildman–Crippen MR) is 54.9 cm³/mol. The maximum Gasteiger partial charge on any atom is 0.0895 e. The van der Waals surface area contributed by atoms with Gasteiger partial charge in [-0.3, -0.25) is 0 Å². The second-order valence-corrected chi connectivity index (χ2v) is 3.32. The molecule has 0 aromatic carbocycles. The van der Waals surface area contributed by atoms with Gasteiger partial charge in [0.1, 0.15) is 0 Å². The SMILES string of the molecule is CCn1ccc(CNCC(O)CO)c1. The maximum atomic E-state index is 9.07. The lowest BCUT2D eigenvalue weighted by atomic mass is 10.3. The first kappa shape index (κ1) is 11.2. The summed E-state index contributed by atoms with van der Waals surface area (Å²) in [5, 5.41) is 20.7. The highest BCUT2D eigenvalue weighted by Crippen LogP contribution is 2.00. The van der Waals surface area contributed by atoms with E-state index in [2.05, 4.69) is 23.0 Å². The number of hydrogen-bond donors (Lipinski definition) is 3. The summed E-state index contributed by atoms with van der Waals surface area (Å²) < 4.78 is 2.10. The molecule has 3 N–H and O–H groups in total. The number of aliphatic hydroxyl groups is 2. The molecule has 4 nitrogen and oxygen atoms in total. The molecule has 1 aromatic rings. The van der Waals surface area contributed by atoms with Gasteiger partial charge in [-0.1, -0.05) is 0 Å². The molecule has 0 saturated heterocycles. The normalized spacial score (nSPS) is 13.1. The standard InChI is InChI=1S/C10H18N2O2/c1-2-12-4-3-9(7-12)5-11-6-10(14)8-13/h3-4,7,10-11,13-14H,2,5-6,8H2,1H3. The van der Waals surface area contributed by atoms with Gasteiger partial charge in [0.15, 0.2) is 0 Å². The second-order valence-electron chi connectivity index (χ2n) is 3.32. The zero-order valence-electron chi connectivity index (χ0n) is 8.48. The number of hydrogen-bond acceptors (Lipinski definition) is 3.